The molecule has 0 bridgehead atoms. The number of aryl methyl sites for hydroxylation is 1. The standard InChI is InChI=1S/C18H26/c1-3-17(2)13-9-6-4-5-7-10-14-18-15-11-8-12-16-18/h3,8,11-12,15-16H,1-2,4-7,9-10,13-14H2. The molecule has 98 valence electrons. The first-order valence-corrected chi connectivity index (χ1v) is 7.17. The molecule has 0 saturated carbocycles. The van der Waals surface area contributed by atoms with Crippen LogP contribution in [0.5, 0.6) is 0 Å². The van der Waals surface area contributed by atoms with E-state index in [0.29, 0.717) is 0 Å². The molecule has 0 amide bonds. The van der Waals surface area contributed by atoms with E-state index < -0.39 is 0 Å². The summed E-state index contributed by atoms with van der Waals surface area (Å²) in [6.07, 6.45) is 12.2. The van der Waals surface area contributed by atoms with Crippen LogP contribution in [0, 0.1) is 0 Å². The van der Waals surface area contributed by atoms with Crippen LogP contribution in [0.25, 0.3) is 0 Å². The lowest BCUT2D eigenvalue weighted by atomic mass is 10.0. The second-order valence-electron chi connectivity index (χ2n) is 4.97. The van der Waals surface area contributed by atoms with Crippen molar-refractivity contribution >= 4 is 0 Å². The summed E-state index contributed by atoms with van der Waals surface area (Å²) < 4.78 is 0. The van der Waals surface area contributed by atoms with Gasteiger partial charge in [-0.15, -0.1) is 0 Å². The molecule has 0 aliphatic heterocycles. The van der Waals surface area contributed by atoms with Crippen LogP contribution in [0.2, 0.25) is 0 Å². The molecule has 1 aromatic rings. The molecule has 0 spiro atoms. The maximum atomic E-state index is 3.94. The molecule has 0 N–H and O–H groups in total. The Balaban J connectivity index is 1.90. The molecule has 0 nitrogen and oxygen atoms in total. The van der Waals surface area contributed by atoms with E-state index in [2.05, 4.69) is 43.5 Å². The third kappa shape index (κ3) is 7.11. The number of hydrogen-bond acceptors (Lipinski definition) is 0. The summed E-state index contributed by atoms with van der Waals surface area (Å²) in [5, 5.41) is 0. The number of unbranched alkanes of at least 4 members (excludes halogenated alkanes) is 5. The van der Waals surface area contributed by atoms with Crippen molar-refractivity contribution in [1.82, 2.24) is 0 Å². The molecule has 0 aliphatic carbocycles. The first kappa shape index (κ1) is 14.8. The van der Waals surface area contributed by atoms with Crippen molar-refractivity contribution in [2.45, 2.75) is 51.4 Å². The van der Waals surface area contributed by atoms with Crippen LogP contribution in [-0.4, -0.2) is 0 Å². The first-order chi connectivity index (χ1) is 8.83. The minimum atomic E-state index is 1.12. The largest absolute Gasteiger partial charge is 0.0988 e. The van der Waals surface area contributed by atoms with Crippen molar-refractivity contribution in [2.75, 3.05) is 0 Å². The summed E-state index contributed by atoms with van der Waals surface area (Å²) in [5.74, 6) is 0. The fourth-order valence-electron chi connectivity index (χ4n) is 2.14. The summed E-state index contributed by atoms with van der Waals surface area (Å²) in [6.45, 7) is 7.67. The van der Waals surface area contributed by atoms with E-state index >= 15 is 0 Å². The molecule has 0 unspecified atom stereocenters. The quantitative estimate of drug-likeness (QED) is 0.364. The molecule has 0 radical (unpaired) electrons. The van der Waals surface area contributed by atoms with Crippen molar-refractivity contribution in [3.05, 3.63) is 60.7 Å². The van der Waals surface area contributed by atoms with Crippen LogP contribution < -0.4 is 0 Å². The Morgan fingerprint density at radius 3 is 2.17 bits per heavy atom. The average Bonchev–Trinajstić information content (AvgIpc) is 2.42. The number of rotatable bonds is 10. The fourth-order valence-corrected chi connectivity index (χ4v) is 2.14. The molecule has 18 heavy (non-hydrogen) atoms. The molecule has 0 aromatic heterocycles. The maximum absolute atomic E-state index is 3.94. The molecule has 1 rings (SSSR count). The van der Waals surface area contributed by atoms with Crippen molar-refractivity contribution in [2.24, 2.45) is 0 Å². The molecule has 0 fully saturated rings. The number of allylic oxidation sites excluding steroid dienone is 2. The van der Waals surface area contributed by atoms with Gasteiger partial charge in [0.2, 0.25) is 0 Å². The van der Waals surface area contributed by atoms with E-state index in [1.165, 1.54) is 56.1 Å². The molecule has 0 heterocycles. The van der Waals surface area contributed by atoms with Gasteiger partial charge >= 0.3 is 0 Å². The van der Waals surface area contributed by atoms with Crippen LogP contribution in [0.1, 0.15) is 50.5 Å². The third-order valence-electron chi connectivity index (χ3n) is 3.34. The molecule has 0 aliphatic rings. The van der Waals surface area contributed by atoms with Crippen molar-refractivity contribution in [1.29, 1.82) is 0 Å². The van der Waals surface area contributed by atoms with Gasteiger partial charge in [0.1, 0.15) is 0 Å². The number of hydrogen-bond donors (Lipinski definition) is 0. The fraction of sp³-hybridized carbons (Fsp3) is 0.444. The lowest BCUT2D eigenvalue weighted by Gasteiger charge is -2.03. The van der Waals surface area contributed by atoms with Crippen molar-refractivity contribution in [3.63, 3.8) is 0 Å². The Labute approximate surface area is 112 Å². The highest BCUT2D eigenvalue weighted by Gasteiger charge is 1.94. The van der Waals surface area contributed by atoms with Crippen molar-refractivity contribution < 1.29 is 0 Å². The van der Waals surface area contributed by atoms with Gasteiger partial charge in [0, 0.05) is 0 Å². The lowest BCUT2D eigenvalue weighted by Crippen LogP contribution is -1.86. The minimum absolute atomic E-state index is 1.12. The Morgan fingerprint density at radius 2 is 1.50 bits per heavy atom. The summed E-state index contributed by atoms with van der Waals surface area (Å²) >= 11 is 0. The zero-order valence-electron chi connectivity index (χ0n) is 11.5. The van der Waals surface area contributed by atoms with Crippen LogP contribution in [-0.2, 0) is 6.42 Å². The minimum Gasteiger partial charge on any atom is -0.0988 e. The highest BCUT2D eigenvalue weighted by Crippen LogP contribution is 2.12. The predicted octanol–water partition coefficient (Wildman–Crippen LogP) is 5.70. The first-order valence-electron chi connectivity index (χ1n) is 7.17. The van der Waals surface area contributed by atoms with Gasteiger partial charge in [0.05, 0.1) is 0 Å². The normalized spacial score (nSPS) is 10.2. The highest BCUT2D eigenvalue weighted by atomic mass is 14.0. The molecule has 0 saturated heterocycles. The Kier molecular flexibility index (Phi) is 7.96. The number of benzene rings is 1. The van der Waals surface area contributed by atoms with Crippen LogP contribution in [0.4, 0.5) is 0 Å². The molecular weight excluding hydrogens is 216 g/mol. The van der Waals surface area contributed by atoms with Gasteiger partial charge in [0.15, 0.2) is 0 Å². The Hall–Kier alpha value is -1.30. The van der Waals surface area contributed by atoms with Crippen LogP contribution >= 0.6 is 0 Å². The Morgan fingerprint density at radius 1 is 0.889 bits per heavy atom. The zero-order valence-corrected chi connectivity index (χ0v) is 11.5. The molecule has 0 atom stereocenters. The predicted molar refractivity (Wildman–Crippen MR) is 81.8 cm³/mol. The summed E-state index contributed by atoms with van der Waals surface area (Å²) in [5.41, 5.74) is 2.65. The molecular formula is C18H26. The Bertz CT molecular complexity index is 334. The van der Waals surface area contributed by atoms with Gasteiger partial charge < -0.3 is 0 Å². The molecule has 0 heteroatoms. The average molecular weight is 242 g/mol. The summed E-state index contributed by atoms with van der Waals surface area (Å²) in [7, 11) is 0. The van der Waals surface area contributed by atoms with E-state index in [4.69, 9.17) is 0 Å². The SMILES string of the molecule is C=CC(=C)CCCCCCCCc1ccccc1. The molecule has 1 aromatic carbocycles. The maximum Gasteiger partial charge on any atom is -0.0279 e. The topological polar surface area (TPSA) is 0 Å². The summed E-state index contributed by atoms with van der Waals surface area (Å²) in [4.78, 5) is 0. The van der Waals surface area contributed by atoms with E-state index in [0.717, 1.165) is 6.42 Å². The van der Waals surface area contributed by atoms with E-state index in [1.807, 2.05) is 6.08 Å². The van der Waals surface area contributed by atoms with E-state index in [9.17, 15) is 0 Å². The monoisotopic (exact) mass is 242 g/mol. The van der Waals surface area contributed by atoms with Gasteiger partial charge in [-0.2, -0.15) is 0 Å². The van der Waals surface area contributed by atoms with Crippen LogP contribution in [0.3, 0.4) is 0 Å². The van der Waals surface area contributed by atoms with E-state index in [-0.39, 0.29) is 0 Å². The summed E-state index contributed by atoms with van der Waals surface area (Å²) in [6, 6.07) is 10.8. The second kappa shape index (κ2) is 9.70. The third-order valence-corrected chi connectivity index (χ3v) is 3.34. The van der Waals surface area contributed by atoms with Gasteiger partial charge in [-0.05, 0) is 31.2 Å². The van der Waals surface area contributed by atoms with Crippen molar-refractivity contribution in [3.8, 4) is 0 Å². The van der Waals surface area contributed by atoms with Gasteiger partial charge in [0.25, 0.3) is 0 Å². The van der Waals surface area contributed by atoms with Gasteiger partial charge in [-0.3, -0.25) is 0 Å². The van der Waals surface area contributed by atoms with Gasteiger partial charge in [-0.25, -0.2) is 0 Å². The highest BCUT2D eigenvalue weighted by molar-refractivity contribution is 5.14. The van der Waals surface area contributed by atoms with Gasteiger partial charge in [-0.1, -0.05) is 80.8 Å². The van der Waals surface area contributed by atoms with E-state index in [1.54, 1.807) is 0 Å². The lowest BCUT2D eigenvalue weighted by molar-refractivity contribution is 0.594. The second-order valence-corrected chi connectivity index (χ2v) is 4.97. The van der Waals surface area contributed by atoms with Crippen LogP contribution in [0.15, 0.2) is 55.1 Å². The smallest absolute Gasteiger partial charge is 0.0279 e. The zero-order chi connectivity index (χ0) is 13.1.